The molecule has 1 aliphatic heterocycles. The lowest BCUT2D eigenvalue weighted by Crippen LogP contribution is -2.35. The third kappa shape index (κ3) is 1.64. The predicted octanol–water partition coefficient (Wildman–Crippen LogP) is -1.16. The van der Waals surface area contributed by atoms with Crippen LogP contribution in [0.15, 0.2) is 9.95 Å². The quantitative estimate of drug-likeness (QED) is 0.701. The maximum atomic E-state index is 11.7. The second kappa shape index (κ2) is 3.78. The smallest absolute Gasteiger partial charge is 0.353 e. The Labute approximate surface area is 95.7 Å². The van der Waals surface area contributed by atoms with Gasteiger partial charge in [0.2, 0.25) is 11.9 Å². The lowest BCUT2D eigenvalue weighted by molar-refractivity contribution is -0.120. The molecule has 1 aromatic rings. The van der Waals surface area contributed by atoms with Gasteiger partial charge in [0.05, 0.1) is 0 Å². The van der Waals surface area contributed by atoms with E-state index in [1.165, 1.54) is 16.3 Å². The minimum Gasteiger partial charge on any atom is -0.368 e. The van der Waals surface area contributed by atoms with Crippen molar-refractivity contribution < 1.29 is 4.79 Å². The summed E-state index contributed by atoms with van der Waals surface area (Å²) in [5.74, 6) is 0.249. The third-order valence-electron chi connectivity index (χ3n) is 2.21. The standard InChI is InChI=1S/C8H11N5O2S/c1-12(2)6-10-7(15)13-4(5(9)14)3-16-8(13)11-6/h4H,3H2,1-2H3,(H2,9,14). The van der Waals surface area contributed by atoms with Crippen molar-refractivity contribution >= 4 is 23.6 Å². The van der Waals surface area contributed by atoms with Crippen LogP contribution in [0.3, 0.4) is 0 Å². The van der Waals surface area contributed by atoms with E-state index < -0.39 is 17.6 Å². The number of anilines is 1. The average molecular weight is 241 g/mol. The Bertz CT molecular complexity index is 498. The predicted molar refractivity (Wildman–Crippen MR) is 59.6 cm³/mol. The summed E-state index contributed by atoms with van der Waals surface area (Å²) in [4.78, 5) is 32.4. The lowest BCUT2D eigenvalue weighted by Gasteiger charge is -2.12. The molecule has 1 atom stereocenters. The molecule has 0 aliphatic carbocycles. The molecular formula is C8H11N5O2S. The number of thioether (sulfide) groups is 1. The zero-order valence-electron chi connectivity index (χ0n) is 8.88. The molecule has 0 radical (unpaired) electrons. The summed E-state index contributed by atoms with van der Waals surface area (Å²) in [5.41, 5.74) is 4.72. The molecule has 0 aromatic carbocycles. The number of carbonyl (C=O) groups excluding carboxylic acids is 1. The summed E-state index contributed by atoms with van der Waals surface area (Å²) in [5, 5.41) is 0.493. The third-order valence-corrected chi connectivity index (χ3v) is 3.24. The first-order chi connectivity index (χ1) is 7.50. The number of rotatable bonds is 2. The number of nitrogens with two attached hydrogens (primary N) is 1. The van der Waals surface area contributed by atoms with Crippen molar-refractivity contribution in [3.8, 4) is 0 Å². The summed E-state index contributed by atoms with van der Waals surface area (Å²) < 4.78 is 1.25. The molecule has 0 fully saturated rings. The van der Waals surface area contributed by atoms with E-state index in [0.717, 1.165) is 0 Å². The first-order valence-corrected chi connectivity index (χ1v) is 5.59. The molecule has 1 aromatic heterocycles. The van der Waals surface area contributed by atoms with E-state index >= 15 is 0 Å². The van der Waals surface area contributed by atoms with E-state index in [4.69, 9.17) is 5.73 Å². The molecule has 16 heavy (non-hydrogen) atoms. The number of fused-ring (bicyclic) bond motifs is 1. The molecule has 2 heterocycles. The van der Waals surface area contributed by atoms with Crippen LogP contribution in [0.4, 0.5) is 5.95 Å². The van der Waals surface area contributed by atoms with E-state index in [1.807, 2.05) is 0 Å². The molecule has 0 saturated heterocycles. The molecule has 2 rings (SSSR count). The molecule has 1 amide bonds. The fourth-order valence-corrected chi connectivity index (χ4v) is 2.50. The van der Waals surface area contributed by atoms with Gasteiger partial charge in [0, 0.05) is 19.8 Å². The normalized spacial score (nSPS) is 18.2. The highest BCUT2D eigenvalue weighted by Crippen LogP contribution is 2.29. The summed E-state index contributed by atoms with van der Waals surface area (Å²) in [6, 6.07) is -0.635. The highest BCUT2D eigenvalue weighted by atomic mass is 32.2. The number of nitrogens with zero attached hydrogens (tertiary/aromatic N) is 4. The maximum Gasteiger partial charge on any atom is 0.353 e. The fraction of sp³-hybridized carbons (Fsp3) is 0.500. The molecule has 2 N–H and O–H groups in total. The van der Waals surface area contributed by atoms with Crippen molar-refractivity contribution in [2.75, 3.05) is 24.7 Å². The van der Waals surface area contributed by atoms with Gasteiger partial charge in [-0.05, 0) is 0 Å². The van der Waals surface area contributed by atoms with Gasteiger partial charge in [-0.3, -0.25) is 9.36 Å². The second-order valence-electron chi connectivity index (χ2n) is 3.58. The number of aromatic nitrogens is 3. The van der Waals surface area contributed by atoms with Gasteiger partial charge in [-0.25, -0.2) is 4.79 Å². The summed E-state index contributed by atoms with van der Waals surface area (Å²) >= 11 is 1.33. The molecule has 1 unspecified atom stereocenters. The SMILES string of the molecule is CN(C)c1nc2n(c(=O)n1)C(C(N)=O)CS2. The summed E-state index contributed by atoms with van der Waals surface area (Å²) in [6.07, 6.45) is 0. The second-order valence-corrected chi connectivity index (χ2v) is 4.57. The zero-order valence-corrected chi connectivity index (χ0v) is 9.69. The lowest BCUT2D eigenvalue weighted by atomic mass is 10.3. The van der Waals surface area contributed by atoms with Crippen molar-refractivity contribution in [2.45, 2.75) is 11.2 Å². The van der Waals surface area contributed by atoms with Crippen LogP contribution < -0.4 is 16.3 Å². The fourth-order valence-electron chi connectivity index (χ4n) is 1.39. The van der Waals surface area contributed by atoms with Gasteiger partial charge in [0.1, 0.15) is 6.04 Å². The van der Waals surface area contributed by atoms with Crippen molar-refractivity contribution in [1.82, 2.24) is 14.5 Å². The largest absolute Gasteiger partial charge is 0.368 e. The van der Waals surface area contributed by atoms with Crippen molar-refractivity contribution in [3.63, 3.8) is 0 Å². The van der Waals surface area contributed by atoms with Gasteiger partial charge in [0.25, 0.3) is 0 Å². The van der Waals surface area contributed by atoms with Gasteiger partial charge < -0.3 is 10.6 Å². The highest BCUT2D eigenvalue weighted by Gasteiger charge is 2.30. The van der Waals surface area contributed by atoms with Crippen LogP contribution in [-0.4, -0.2) is 40.3 Å². The van der Waals surface area contributed by atoms with E-state index in [-0.39, 0.29) is 0 Å². The van der Waals surface area contributed by atoms with Crippen LogP contribution in [0, 0.1) is 0 Å². The molecule has 1 aliphatic rings. The highest BCUT2D eigenvalue weighted by molar-refractivity contribution is 7.99. The van der Waals surface area contributed by atoms with Crippen LogP contribution in [-0.2, 0) is 4.79 Å². The maximum absolute atomic E-state index is 11.7. The van der Waals surface area contributed by atoms with Crippen molar-refractivity contribution in [3.05, 3.63) is 10.5 Å². The minimum absolute atomic E-state index is 0.342. The Morgan fingerprint density at radius 2 is 2.25 bits per heavy atom. The zero-order chi connectivity index (χ0) is 11.9. The Hall–Kier alpha value is -1.57. The number of hydrogen-bond acceptors (Lipinski definition) is 6. The van der Waals surface area contributed by atoms with E-state index in [2.05, 4.69) is 9.97 Å². The van der Waals surface area contributed by atoms with E-state index in [0.29, 0.717) is 16.9 Å². The average Bonchev–Trinajstić information content (AvgIpc) is 2.61. The summed E-state index contributed by atoms with van der Waals surface area (Å²) in [6.45, 7) is 0. The molecule has 0 spiro atoms. The first-order valence-electron chi connectivity index (χ1n) is 4.60. The molecule has 8 heteroatoms. The van der Waals surface area contributed by atoms with Crippen LogP contribution in [0.25, 0.3) is 0 Å². The van der Waals surface area contributed by atoms with Crippen LogP contribution >= 0.6 is 11.8 Å². The van der Waals surface area contributed by atoms with Crippen LogP contribution in [0.2, 0.25) is 0 Å². The van der Waals surface area contributed by atoms with Gasteiger partial charge in [0.15, 0.2) is 5.16 Å². The molecule has 7 nitrogen and oxygen atoms in total. The van der Waals surface area contributed by atoms with Gasteiger partial charge in [-0.15, -0.1) is 0 Å². The first kappa shape index (κ1) is 10.9. The Morgan fingerprint density at radius 1 is 1.56 bits per heavy atom. The topological polar surface area (TPSA) is 94.1 Å². The van der Waals surface area contributed by atoms with Gasteiger partial charge in [-0.1, -0.05) is 11.8 Å². The van der Waals surface area contributed by atoms with E-state index in [9.17, 15) is 9.59 Å². The number of carbonyl (C=O) groups is 1. The summed E-state index contributed by atoms with van der Waals surface area (Å²) in [7, 11) is 3.49. The molecule has 0 bridgehead atoms. The Balaban J connectivity index is 2.54. The Morgan fingerprint density at radius 3 is 2.81 bits per heavy atom. The number of hydrogen-bond donors (Lipinski definition) is 1. The minimum atomic E-state index is -0.635. The van der Waals surface area contributed by atoms with E-state index in [1.54, 1.807) is 19.0 Å². The van der Waals surface area contributed by atoms with Crippen molar-refractivity contribution in [2.24, 2.45) is 5.73 Å². The van der Waals surface area contributed by atoms with Crippen LogP contribution in [0.1, 0.15) is 6.04 Å². The molecular weight excluding hydrogens is 230 g/mol. The molecule has 86 valence electrons. The Kier molecular flexibility index (Phi) is 2.58. The monoisotopic (exact) mass is 241 g/mol. The van der Waals surface area contributed by atoms with Crippen LogP contribution in [0.5, 0.6) is 0 Å². The molecule has 0 saturated carbocycles. The van der Waals surface area contributed by atoms with Gasteiger partial charge >= 0.3 is 5.69 Å². The van der Waals surface area contributed by atoms with Gasteiger partial charge in [-0.2, -0.15) is 9.97 Å². The number of primary amides is 1. The number of amides is 1. The van der Waals surface area contributed by atoms with Crippen molar-refractivity contribution in [1.29, 1.82) is 0 Å².